The average Bonchev–Trinajstić information content (AvgIpc) is 3.30. The highest BCUT2D eigenvalue weighted by atomic mass is 16.1. The van der Waals surface area contributed by atoms with Gasteiger partial charge >= 0.3 is 0 Å². The number of aryl methyl sites for hydroxylation is 2. The van der Waals surface area contributed by atoms with E-state index in [0.29, 0.717) is 11.4 Å². The Morgan fingerprint density at radius 2 is 1.88 bits per heavy atom. The number of aromatic amines is 1. The molecule has 1 unspecified atom stereocenters. The fourth-order valence-electron chi connectivity index (χ4n) is 5.07. The number of hydrogen-bond donors (Lipinski definition) is 1. The van der Waals surface area contributed by atoms with E-state index in [0.717, 1.165) is 48.0 Å². The Morgan fingerprint density at radius 3 is 2.65 bits per heavy atom. The van der Waals surface area contributed by atoms with Gasteiger partial charge in [0.05, 0.1) is 5.54 Å². The number of fused-ring (bicyclic) bond motifs is 2. The number of pyridine rings is 1. The minimum Gasteiger partial charge on any atom is -0.322 e. The lowest BCUT2D eigenvalue weighted by Gasteiger charge is -2.36. The molecule has 0 bridgehead atoms. The lowest BCUT2D eigenvalue weighted by Crippen LogP contribution is -2.40. The van der Waals surface area contributed by atoms with E-state index in [1.54, 1.807) is 0 Å². The van der Waals surface area contributed by atoms with Gasteiger partial charge in [-0.25, -0.2) is 4.68 Å². The Balaban J connectivity index is 1.71. The summed E-state index contributed by atoms with van der Waals surface area (Å²) < 4.78 is 1.91. The predicted octanol–water partition coefficient (Wildman–Crippen LogP) is 4.42. The quantitative estimate of drug-likeness (QED) is 0.481. The molecular formula is C27H32N6O. The van der Waals surface area contributed by atoms with Crippen LogP contribution in [0.1, 0.15) is 66.9 Å². The van der Waals surface area contributed by atoms with Crippen molar-refractivity contribution >= 4 is 10.9 Å². The largest absolute Gasteiger partial charge is 0.322 e. The van der Waals surface area contributed by atoms with Crippen molar-refractivity contribution in [2.24, 2.45) is 0 Å². The van der Waals surface area contributed by atoms with Crippen molar-refractivity contribution in [3.8, 4) is 0 Å². The molecule has 5 rings (SSSR count). The van der Waals surface area contributed by atoms with E-state index in [2.05, 4.69) is 83.4 Å². The maximum Gasteiger partial charge on any atom is 0.253 e. The van der Waals surface area contributed by atoms with E-state index >= 15 is 0 Å². The fourth-order valence-corrected chi connectivity index (χ4v) is 5.07. The van der Waals surface area contributed by atoms with Gasteiger partial charge in [-0.05, 0) is 85.3 Å². The van der Waals surface area contributed by atoms with Gasteiger partial charge in [-0.3, -0.25) is 9.69 Å². The lowest BCUT2D eigenvalue weighted by atomic mass is 9.94. The van der Waals surface area contributed by atoms with Crippen molar-refractivity contribution in [2.75, 3.05) is 6.54 Å². The van der Waals surface area contributed by atoms with Crippen LogP contribution in [0.3, 0.4) is 0 Å². The SMILES string of the molecule is CCC(C)(C)n1nnnc1C(c1cc2c(C)cc(C)cc2[nH]c1=O)N1CCc2ccccc2C1. The van der Waals surface area contributed by atoms with Crippen molar-refractivity contribution in [2.45, 2.75) is 65.6 Å². The third kappa shape index (κ3) is 3.84. The number of nitrogens with one attached hydrogen (secondary N) is 1. The van der Waals surface area contributed by atoms with Crippen LogP contribution in [0.15, 0.2) is 47.3 Å². The molecular weight excluding hydrogens is 424 g/mol. The van der Waals surface area contributed by atoms with Gasteiger partial charge in [0, 0.05) is 29.6 Å². The number of aromatic nitrogens is 5. The van der Waals surface area contributed by atoms with Gasteiger partial charge in [0.2, 0.25) is 0 Å². The molecule has 176 valence electrons. The fraction of sp³-hybridized carbons (Fsp3) is 0.407. The number of rotatable bonds is 5. The molecule has 7 nitrogen and oxygen atoms in total. The molecule has 0 fully saturated rings. The minimum absolute atomic E-state index is 0.0924. The van der Waals surface area contributed by atoms with E-state index in [1.165, 1.54) is 11.1 Å². The summed E-state index contributed by atoms with van der Waals surface area (Å²) >= 11 is 0. The first-order chi connectivity index (χ1) is 16.3. The highest BCUT2D eigenvalue weighted by molar-refractivity contribution is 5.83. The topological polar surface area (TPSA) is 79.7 Å². The molecule has 1 aliphatic heterocycles. The molecule has 0 saturated carbocycles. The molecule has 7 heteroatoms. The van der Waals surface area contributed by atoms with Gasteiger partial charge in [-0.2, -0.15) is 0 Å². The van der Waals surface area contributed by atoms with Crippen LogP contribution in [0.5, 0.6) is 0 Å². The molecule has 0 saturated heterocycles. The van der Waals surface area contributed by atoms with Crippen LogP contribution in [0.2, 0.25) is 0 Å². The van der Waals surface area contributed by atoms with Gasteiger partial charge in [0.15, 0.2) is 5.82 Å². The zero-order chi connectivity index (χ0) is 24.0. The normalized spacial score (nSPS) is 15.4. The number of hydrogen-bond acceptors (Lipinski definition) is 5. The molecule has 1 N–H and O–H groups in total. The zero-order valence-electron chi connectivity index (χ0n) is 20.6. The standard InChI is InChI=1S/C27H32N6O/c1-6-27(4,5)33-25(29-30-31-33)24(32-12-11-19-9-7-8-10-20(19)16-32)22-15-21-18(3)13-17(2)14-23(21)28-26(22)34/h7-10,13-15,24H,6,11-12,16H2,1-5H3,(H,28,34). The van der Waals surface area contributed by atoms with Crippen molar-refractivity contribution < 1.29 is 0 Å². The Bertz CT molecular complexity index is 1420. The smallest absolute Gasteiger partial charge is 0.253 e. The van der Waals surface area contributed by atoms with E-state index in [4.69, 9.17) is 0 Å². The molecule has 34 heavy (non-hydrogen) atoms. The minimum atomic E-state index is -0.358. The van der Waals surface area contributed by atoms with Crippen LogP contribution in [-0.2, 0) is 18.5 Å². The zero-order valence-corrected chi connectivity index (χ0v) is 20.6. The van der Waals surface area contributed by atoms with E-state index in [9.17, 15) is 4.79 Å². The first-order valence-corrected chi connectivity index (χ1v) is 12.0. The van der Waals surface area contributed by atoms with Gasteiger partial charge in [0.25, 0.3) is 5.56 Å². The maximum atomic E-state index is 13.6. The van der Waals surface area contributed by atoms with Crippen LogP contribution in [0, 0.1) is 13.8 Å². The molecule has 1 atom stereocenters. The summed E-state index contributed by atoms with van der Waals surface area (Å²) in [6.07, 6.45) is 1.79. The Hall–Kier alpha value is -3.32. The van der Waals surface area contributed by atoms with Crippen LogP contribution < -0.4 is 5.56 Å². The summed E-state index contributed by atoms with van der Waals surface area (Å²) in [6, 6.07) is 14.4. The Labute approximate surface area is 199 Å². The summed E-state index contributed by atoms with van der Waals surface area (Å²) in [5, 5.41) is 14.0. The Morgan fingerprint density at radius 1 is 1.12 bits per heavy atom. The molecule has 2 aromatic heterocycles. The van der Waals surface area contributed by atoms with Crippen molar-refractivity contribution in [1.29, 1.82) is 0 Å². The molecule has 0 amide bonds. The second-order valence-electron chi connectivity index (χ2n) is 10.1. The highest BCUT2D eigenvalue weighted by Crippen LogP contribution is 2.34. The average molecular weight is 457 g/mol. The monoisotopic (exact) mass is 456 g/mol. The van der Waals surface area contributed by atoms with E-state index in [1.807, 2.05) is 23.7 Å². The summed E-state index contributed by atoms with van der Waals surface area (Å²) in [5.41, 5.74) is 6.10. The molecule has 2 aromatic carbocycles. The second-order valence-corrected chi connectivity index (χ2v) is 10.1. The third-order valence-electron chi connectivity index (χ3n) is 7.34. The molecule has 0 spiro atoms. The molecule has 4 aromatic rings. The lowest BCUT2D eigenvalue weighted by molar-refractivity contribution is 0.181. The third-order valence-corrected chi connectivity index (χ3v) is 7.34. The van der Waals surface area contributed by atoms with E-state index in [-0.39, 0.29) is 17.1 Å². The van der Waals surface area contributed by atoms with Crippen molar-refractivity contribution in [3.05, 3.63) is 86.5 Å². The van der Waals surface area contributed by atoms with Gasteiger partial charge < -0.3 is 4.98 Å². The van der Waals surface area contributed by atoms with E-state index < -0.39 is 0 Å². The number of benzene rings is 2. The molecule has 0 aliphatic carbocycles. The van der Waals surface area contributed by atoms with Gasteiger partial charge in [0.1, 0.15) is 6.04 Å². The van der Waals surface area contributed by atoms with Crippen LogP contribution >= 0.6 is 0 Å². The van der Waals surface area contributed by atoms with Gasteiger partial charge in [-0.15, -0.1) is 5.10 Å². The van der Waals surface area contributed by atoms with Crippen LogP contribution in [0.25, 0.3) is 10.9 Å². The molecule has 3 heterocycles. The first-order valence-electron chi connectivity index (χ1n) is 12.0. The number of tetrazole rings is 1. The second kappa shape index (κ2) is 8.47. The summed E-state index contributed by atoms with van der Waals surface area (Å²) in [7, 11) is 0. The maximum absolute atomic E-state index is 13.6. The summed E-state index contributed by atoms with van der Waals surface area (Å²) in [5.74, 6) is 0.709. The van der Waals surface area contributed by atoms with Gasteiger partial charge in [-0.1, -0.05) is 37.3 Å². The summed E-state index contributed by atoms with van der Waals surface area (Å²) in [4.78, 5) is 19.0. The van der Waals surface area contributed by atoms with Crippen molar-refractivity contribution in [3.63, 3.8) is 0 Å². The predicted molar refractivity (Wildman–Crippen MR) is 134 cm³/mol. The van der Waals surface area contributed by atoms with Crippen LogP contribution in [-0.4, -0.2) is 36.6 Å². The first kappa shape index (κ1) is 22.5. The number of H-pyrrole nitrogens is 1. The number of nitrogens with zero attached hydrogens (tertiary/aromatic N) is 5. The highest BCUT2D eigenvalue weighted by Gasteiger charge is 2.35. The molecule has 0 radical (unpaired) electrons. The van der Waals surface area contributed by atoms with Crippen molar-refractivity contribution in [1.82, 2.24) is 30.1 Å². The van der Waals surface area contributed by atoms with Crippen LogP contribution in [0.4, 0.5) is 0 Å². The molecule has 1 aliphatic rings. The summed E-state index contributed by atoms with van der Waals surface area (Å²) in [6.45, 7) is 12.1. The Kier molecular flexibility index (Phi) is 5.60.